The number of hydrogen-bond donors (Lipinski definition) is 0. The Morgan fingerprint density at radius 3 is 2.21 bits per heavy atom. The van der Waals surface area contributed by atoms with Crippen LogP contribution in [0, 0.1) is 18.8 Å². The maximum Gasteiger partial charge on any atom is 0.171 e. The van der Waals surface area contributed by atoms with E-state index in [0.717, 1.165) is 51.0 Å². The summed E-state index contributed by atoms with van der Waals surface area (Å²) < 4.78 is 11.7. The van der Waals surface area contributed by atoms with Gasteiger partial charge in [0, 0.05) is 31.6 Å². The minimum atomic E-state index is -0.282. The van der Waals surface area contributed by atoms with Gasteiger partial charge in [-0.1, -0.05) is 42.0 Å². The summed E-state index contributed by atoms with van der Waals surface area (Å²) in [6.07, 6.45) is 7.15. The average molecular weight is 392 g/mol. The maximum absolute atomic E-state index is 5.85. The fraction of sp³-hybridized carbons (Fsp3) is 0.538. The van der Waals surface area contributed by atoms with Gasteiger partial charge in [0.1, 0.15) is 0 Å². The van der Waals surface area contributed by atoms with Gasteiger partial charge in [0.15, 0.2) is 5.79 Å². The third kappa shape index (κ3) is 4.51. The summed E-state index contributed by atoms with van der Waals surface area (Å²) in [5.74, 6) is 1.52. The van der Waals surface area contributed by atoms with Crippen LogP contribution in [0.2, 0.25) is 0 Å². The van der Waals surface area contributed by atoms with Crippen LogP contribution in [0.1, 0.15) is 42.4 Å². The number of aryl methyl sites for hydroxylation is 2. The second-order valence-corrected chi connectivity index (χ2v) is 9.25. The molecule has 2 aromatic rings. The van der Waals surface area contributed by atoms with E-state index in [4.69, 9.17) is 9.47 Å². The SMILES string of the molecule is Cc1ccc(CCC2C[C@@H]2Cc2ccc(N3CCC4(CC3)OCCO4)cc2)cc1. The quantitative estimate of drug-likeness (QED) is 0.680. The molecular formula is C26H33NO2. The molecule has 0 amide bonds. The molecule has 0 bridgehead atoms. The Balaban J connectivity index is 1.08. The van der Waals surface area contributed by atoms with Gasteiger partial charge in [-0.2, -0.15) is 0 Å². The van der Waals surface area contributed by atoms with Crippen LogP contribution in [0.5, 0.6) is 0 Å². The molecule has 0 radical (unpaired) electrons. The summed E-state index contributed by atoms with van der Waals surface area (Å²) in [5, 5.41) is 0. The van der Waals surface area contributed by atoms with Crippen molar-refractivity contribution in [3.05, 3.63) is 65.2 Å². The van der Waals surface area contributed by atoms with E-state index in [2.05, 4.69) is 60.4 Å². The summed E-state index contributed by atoms with van der Waals surface area (Å²) in [7, 11) is 0. The van der Waals surface area contributed by atoms with Crippen LogP contribution in [-0.2, 0) is 22.3 Å². The monoisotopic (exact) mass is 391 g/mol. The number of nitrogens with zero attached hydrogens (tertiary/aromatic N) is 1. The molecule has 3 fully saturated rings. The lowest BCUT2D eigenvalue weighted by Crippen LogP contribution is -2.45. The highest BCUT2D eigenvalue weighted by Crippen LogP contribution is 2.44. The van der Waals surface area contributed by atoms with Crippen LogP contribution in [-0.4, -0.2) is 32.1 Å². The van der Waals surface area contributed by atoms with Crippen LogP contribution in [0.15, 0.2) is 48.5 Å². The Hall–Kier alpha value is -1.84. The van der Waals surface area contributed by atoms with E-state index in [9.17, 15) is 0 Å². The van der Waals surface area contributed by atoms with Crippen LogP contribution in [0.3, 0.4) is 0 Å². The van der Waals surface area contributed by atoms with Crippen LogP contribution >= 0.6 is 0 Å². The van der Waals surface area contributed by atoms with Crippen LogP contribution < -0.4 is 4.90 Å². The Labute approximate surface area is 175 Å². The molecule has 1 saturated carbocycles. The first-order valence-corrected chi connectivity index (χ1v) is 11.4. The van der Waals surface area contributed by atoms with Crippen molar-refractivity contribution < 1.29 is 9.47 Å². The highest BCUT2D eigenvalue weighted by molar-refractivity contribution is 5.48. The second kappa shape index (κ2) is 8.12. The van der Waals surface area contributed by atoms with Gasteiger partial charge in [-0.05, 0) is 67.7 Å². The van der Waals surface area contributed by atoms with Crippen molar-refractivity contribution in [2.45, 2.75) is 51.2 Å². The van der Waals surface area contributed by atoms with E-state index in [0.29, 0.717) is 0 Å². The third-order valence-corrected chi connectivity index (χ3v) is 7.13. The minimum absolute atomic E-state index is 0.282. The molecule has 0 N–H and O–H groups in total. The highest BCUT2D eigenvalue weighted by Gasteiger charge is 2.40. The number of rotatable bonds is 6. The molecule has 1 unspecified atom stereocenters. The topological polar surface area (TPSA) is 21.7 Å². The van der Waals surface area contributed by atoms with Crippen LogP contribution in [0.4, 0.5) is 5.69 Å². The van der Waals surface area contributed by atoms with Gasteiger partial charge < -0.3 is 14.4 Å². The Bertz CT molecular complexity index is 798. The van der Waals surface area contributed by atoms with Crippen molar-refractivity contribution in [2.24, 2.45) is 11.8 Å². The lowest BCUT2D eigenvalue weighted by atomic mass is 10.0. The van der Waals surface area contributed by atoms with Crippen molar-refractivity contribution in [1.29, 1.82) is 0 Å². The van der Waals surface area contributed by atoms with Gasteiger partial charge in [-0.3, -0.25) is 0 Å². The number of anilines is 1. The molecule has 2 atom stereocenters. The largest absolute Gasteiger partial charge is 0.371 e. The fourth-order valence-electron chi connectivity index (χ4n) is 5.06. The first kappa shape index (κ1) is 19.1. The first-order valence-electron chi connectivity index (χ1n) is 11.4. The molecule has 2 heterocycles. The molecule has 3 aliphatic rings. The highest BCUT2D eigenvalue weighted by atomic mass is 16.7. The Kier molecular flexibility index (Phi) is 5.36. The molecule has 0 aromatic heterocycles. The fourth-order valence-corrected chi connectivity index (χ4v) is 5.06. The number of benzene rings is 2. The summed E-state index contributed by atoms with van der Waals surface area (Å²) in [6.45, 7) is 5.70. The van der Waals surface area contributed by atoms with Gasteiger partial charge in [-0.25, -0.2) is 0 Å². The zero-order chi connectivity index (χ0) is 19.7. The van der Waals surface area contributed by atoms with E-state index in [1.807, 2.05) is 0 Å². The molecule has 5 rings (SSSR count). The predicted octanol–water partition coefficient (Wildman–Crippen LogP) is 5.15. The Morgan fingerprint density at radius 1 is 0.862 bits per heavy atom. The normalized spacial score (nSPS) is 25.5. The summed E-state index contributed by atoms with van der Waals surface area (Å²) in [4.78, 5) is 2.47. The molecule has 154 valence electrons. The van der Waals surface area contributed by atoms with Crippen molar-refractivity contribution in [2.75, 3.05) is 31.2 Å². The van der Waals surface area contributed by atoms with E-state index >= 15 is 0 Å². The molecule has 2 aliphatic heterocycles. The smallest absolute Gasteiger partial charge is 0.171 e. The molecule has 29 heavy (non-hydrogen) atoms. The molecule has 2 aromatic carbocycles. The van der Waals surface area contributed by atoms with Crippen molar-refractivity contribution >= 4 is 5.69 Å². The van der Waals surface area contributed by atoms with Crippen molar-refractivity contribution in [3.63, 3.8) is 0 Å². The molecule has 2 saturated heterocycles. The van der Waals surface area contributed by atoms with E-state index < -0.39 is 0 Å². The zero-order valence-electron chi connectivity index (χ0n) is 17.6. The van der Waals surface area contributed by atoms with E-state index in [1.54, 1.807) is 0 Å². The second-order valence-electron chi connectivity index (χ2n) is 9.25. The third-order valence-electron chi connectivity index (χ3n) is 7.13. The molecule has 3 nitrogen and oxygen atoms in total. The number of hydrogen-bond acceptors (Lipinski definition) is 3. The first-order chi connectivity index (χ1) is 14.2. The standard InChI is InChI=1S/C26H33NO2/c1-20-2-4-21(5-3-20)6-9-23-19-24(23)18-22-7-10-25(11-8-22)27-14-12-26(13-15-27)28-16-17-29-26/h2-5,7-8,10-11,23-24H,6,9,12-19H2,1H3/t23?,24-/m0/s1. The Morgan fingerprint density at radius 2 is 1.52 bits per heavy atom. The maximum atomic E-state index is 5.85. The zero-order valence-corrected chi connectivity index (χ0v) is 17.6. The predicted molar refractivity (Wildman–Crippen MR) is 117 cm³/mol. The molecular weight excluding hydrogens is 358 g/mol. The molecule has 1 spiro atoms. The lowest BCUT2D eigenvalue weighted by molar-refractivity contribution is -0.169. The number of piperidine rings is 1. The van der Waals surface area contributed by atoms with Crippen molar-refractivity contribution in [3.8, 4) is 0 Å². The van der Waals surface area contributed by atoms with Gasteiger partial charge in [0.25, 0.3) is 0 Å². The van der Waals surface area contributed by atoms with Gasteiger partial charge in [-0.15, -0.1) is 0 Å². The summed E-state index contributed by atoms with van der Waals surface area (Å²) in [5.41, 5.74) is 5.67. The van der Waals surface area contributed by atoms with Gasteiger partial charge in [0.2, 0.25) is 0 Å². The van der Waals surface area contributed by atoms with E-state index in [-0.39, 0.29) is 5.79 Å². The van der Waals surface area contributed by atoms with E-state index in [1.165, 1.54) is 48.1 Å². The van der Waals surface area contributed by atoms with Gasteiger partial charge >= 0.3 is 0 Å². The summed E-state index contributed by atoms with van der Waals surface area (Å²) >= 11 is 0. The summed E-state index contributed by atoms with van der Waals surface area (Å²) in [6, 6.07) is 18.4. The number of ether oxygens (including phenoxy) is 2. The minimum Gasteiger partial charge on any atom is -0.371 e. The lowest BCUT2D eigenvalue weighted by Gasteiger charge is -2.38. The van der Waals surface area contributed by atoms with Crippen molar-refractivity contribution in [1.82, 2.24) is 0 Å². The van der Waals surface area contributed by atoms with Gasteiger partial charge in [0.05, 0.1) is 13.2 Å². The molecule has 3 heteroatoms. The average Bonchev–Trinajstić information content (AvgIpc) is 3.34. The molecule has 1 aliphatic carbocycles. The van der Waals surface area contributed by atoms with Crippen LogP contribution in [0.25, 0.3) is 0 Å².